The van der Waals surface area contributed by atoms with Crippen molar-refractivity contribution in [2.75, 3.05) is 18.4 Å². The third-order valence-corrected chi connectivity index (χ3v) is 4.23. The van der Waals surface area contributed by atoms with Crippen LogP contribution in [0.2, 0.25) is 5.02 Å². The summed E-state index contributed by atoms with van der Waals surface area (Å²) in [7, 11) is 0. The lowest BCUT2D eigenvalue weighted by Crippen LogP contribution is -2.32. The van der Waals surface area contributed by atoms with Crippen molar-refractivity contribution in [2.45, 2.75) is 20.0 Å². The summed E-state index contributed by atoms with van der Waals surface area (Å²) in [5, 5.41) is 17.8. The number of hydrogen-bond donors (Lipinski definition) is 4. The van der Waals surface area contributed by atoms with E-state index in [9.17, 15) is 23.5 Å². The predicted octanol–water partition coefficient (Wildman–Crippen LogP) is 3.86. The number of carbonyl (C=O) groups excluding carboxylic acids is 2. The van der Waals surface area contributed by atoms with Crippen LogP contribution in [-0.4, -0.2) is 30.1 Å². The molecule has 1 atom stereocenters. The molecular weight excluding hydrogens is 404 g/mol. The molecule has 2 rings (SSSR count). The summed E-state index contributed by atoms with van der Waals surface area (Å²) in [6, 6.07) is 6.52. The van der Waals surface area contributed by atoms with Gasteiger partial charge in [0.25, 0.3) is 5.91 Å². The van der Waals surface area contributed by atoms with E-state index in [0.717, 1.165) is 12.1 Å². The Morgan fingerprint density at radius 1 is 1.07 bits per heavy atom. The summed E-state index contributed by atoms with van der Waals surface area (Å²) < 4.78 is 26.6. The second kappa shape index (κ2) is 10.2. The van der Waals surface area contributed by atoms with Gasteiger partial charge in [-0.3, -0.25) is 4.79 Å². The minimum absolute atomic E-state index is 0.133. The maximum Gasteiger partial charge on any atom is 0.319 e. The van der Waals surface area contributed by atoms with Crippen LogP contribution < -0.4 is 16.0 Å². The lowest BCUT2D eigenvalue weighted by atomic mass is 10.1. The van der Waals surface area contributed by atoms with E-state index >= 15 is 0 Å². The molecule has 29 heavy (non-hydrogen) atoms. The summed E-state index contributed by atoms with van der Waals surface area (Å²) in [5.74, 6) is -1.69. The van der Waals surface area contributed by atoms with Gasteiger partial charge in [-0.2, -0.15) is 0 Å². The Balaban J connectivity index is 1.91. The van der Waals surface area contributed by atoms with Gasteiger partial charge in [0, 0.05) is 30.4 Å². The van der Waals surface area contributed by atoms with Gasteiger partial charge < -0.3 is 21.1 Å². The van der Waals surface area contributed by atoms with Crippen molar-refractivity contribution in [1.29, 1.82) is 0 Å². The monoisotopic (exact) mass is 425 g/mol. The van der Waals surface area contributed by atoms with Crippen molar-refractivity contribution in [2.24, 2.45) is 5.92 Å². The molecule has 0 heterocycles. The molecule has 0 aliphatic carbocycles. The van der Waals surface area contributed by atoms with Crippen molar-refractivity contribution in [3.05, 3.63) is 64.2 Å². The molecule has 6 nitrogen and oxygen atoms in total. The standard InChI is InChI=1S/C20H22ClF2N3O3/c1-11(2)9-24-19(28)14-6-4-13(8-16(14)21)26-20(29)25-10-18(27)15-5-3-12(22)7-17(15)23/h3-8,11,18,27H,9-10H2,1-2H3,(H,24,28)(H2,25,26,29). The van der Waals surface area contributed by atoms with Crippen LogP contribution in [0, 0.1) is 17.6 Å². The molecule has 0 spiro atoms. The Labute approximate surface area is 172 Å². The van der Waals surface area contributed by atoms with Crippen molar-refractivity contribution < 1.29 is 23.5 Å². The van der Waals surface area contributed by atoms with Crippen LogP contribution in [0.3, 0.4) is 0 Å². The average molecular weight is 426 g/mol. The maximum absolute atomic E-state index is 13.6. The van der Waals surface area contributed by atoms with Gasteiger partial charge in [0.05, 0.1) is 16.7 Å². The summed E-state index contributed by atoms with van der Waals surface area (Å²) >= 11 is 6.12. The molecule has 2 aromatic rings. The quantitative estimate of drug-likeness (QED) is 0.543. The topological polar surface area (TPSA) is 90.5 Å². The smallest absolute Gasteiger partial charge is 0.319 e. The van der Waals surface area contributed by atoms with E-state index < -0.39 is 23.8 Å². The largest absolute Gasteiger partial charge is 0.386 e. The predicted molar refractivity (Wildman–Crippen MR) is 107 cm³/mol. The maximum atomic E-state index is 13.6. The number of benzene rings is 2. The zero-order valence-corrected chi connectivity index (χ0v) is 16.7. The molecule has 0 aliphatic heterocycles. The molecule has 0 aliphatic rings. The first-order chi connectivity index (χ1) is 13.7. The first kappa shape index (κ1) is 22.6. The SMILES string of the molecule is CC(C)CNC(=O)c1ccc(NC(=O)NCC(O)c2ccc(F)cc2F)cc1Cl. The second-order valence-electron chi connectivity index (χ2n) is 6.82. The van der Waals surface area contributed by atoms with Gasteiger partial charge in [-0.1, -0.05) is 31.5 Å². The van der Waals surface area contributed by atoms with Crippen molar-refractivity contribution in [1.82, 2.24) is 10.6 Å². The van der Waals surface area contributed by atoms with E-state index in [4.69, 9.17) is 11.6 Å². The van der Waals surface area contributed by atoms with Gasteiger partial charge in [0.2, 0.25) is 0 Å². The molecular formula is C20H22ClF2N3O3. The lowest BCUT2D eigenvalue weighted by Gasteiger charge is -2.14. The zero-order chi connectivity index (χ0) is 21.6. The highest BCUT2D eigenvalue weighted by Crippen LogP contribution is 2.21. The minimum atomic E-state index is -1.35. The van der Waals surface area contributed by atoms with E-state index in [1.54, 1.807) is 0 Å². The Kier molecular flexibility index (Phi) is 7.92. The third-order valence-electron chi connectivity index (χ3n) is 3.92. The number of nitrogens with one attached hydrogen (secondary N) is 3. The highest BCUT2D eigenvalue weighted by Gasteiger charge is 2.15. The molecule has 156 valence electrons. The summed E-state index contributed by atoms with van der Waals surface area (Å²) in [4.78, 5) is 24.1. The van der Waals surface area contributed by atoms with Crippen molar-refractivity contribution in [3.8, 4) is 0 Å². The number of aliphatic hydroxyl groups excluding tert-OH is 1. The number of anilines is 1. The van der Waals surface area contributed by atoms with E-state index in [2.05, 4.69) is 16.0 Å². The van der Waals surface area contributed by atoms with E-state index in [1.165, 1.54) is 18.2 Å². The molecule has 9 heteroatoms. The number of aliphatic hydroxyl groups is 1. The molecule has 0 aromatic heterocycles. The summed E-state index contributed by atoms with van der Waals surface area (Å²) in [6.45, 7) is 4.15. The van der Waals surface area contributed by atoms with Crippen LogP contribution in [0.15, 0.2) is 36.4 Å². The highest BCUT2D eigenvalue weighted by molar-refractivity contribution is 6.34. The summed E-state index contributed by atoms with van der Waals surface area (Å²) in [5.41, 5.74) is 0.474. The van der Waals surface area contributed by atoms with Crippen LogP contribution in [0.25, 0.3) is 0 Å². The molecule has 4 N–H and O–H groups in total. The molecule has 0 saturated carbocycles. The molecule has 0 saturated heterocycles. The number of amides is 3. The second-order valence-corrected chi connectivity index (χ2v) is 7.22. The van der Waals surface area contributed by atoms with E-state index in [1.807, 2.05) is 13.8 Å². The Morgan fingerprint density at radius 2 is 1.79 bits per heavy atom. The van der Waals surface area contributed by atoms with E-state index in [-0.39, 0.29) is 28.6 Å². The Bertz CT molecular complexity index is 893. The number of urea groups is 1. The van der Waals surface area contributed by atoms with Crippen LogP contribution in [-0.2, 0) is 0 Å². The van der Waals surface area contributed by atoms with Crippen LogP contribution >= 0.6 is 11.6 Å². The van der Waals surface area contributed by atoms with Crippen molar-refractivity contribution >= 4 is 29.2 Å². The van der Waals surface area contributed by atoms with Crippen LogP contribution in [0.5, 0.6) is 0 Å². The fourth-order valence-electron chi connectivity index (χ4n) is 2.42. The summed E-state index contributed by atoms with van der Waals surface area (Å²) in [6.07, 6.45) is -1.35. The number of rotatable bonds is 7. The molecule has 2 aromatic carbocycles. The van der Waals surface area contributed by atoms with Gasteiger partial charge >= 0.3 is 6.03 Å². The molecule has 0 bridgehead atoms. The molecule has 0 fully saturated rings. The normalized spacial score (nSPS) is 11.8. The van der Waals surface area contributed by atoms with Crippen molar-refractivity contribution in [3.63, 3.8) is 0 Å². The fourth-order valence-corrected chi connectivity index (χ4v) is 2.68. The third kappa shape index (κ3) is 6.69. The molecule has 1 unspecified atom stereocenters. The van der Waals surface area contributed by atoms with Gasteiger partial charge in [0.1, 0.15) is 11.6 Å². The first-order valence-electron chi connectivity index (χ1n) is 8.93. The Hall–Kier alpha value is -2.71. The zero-order valence-electron chi connectivity index (χ0n) is 15.9. The fraction of sp³-hybridized carbons (Fsp3) is 0.300. The number of carbonyl (C=O) groups is 2. The number of halogens is 3. The van der Waals surface area contributed by atoms with E-state index in [0.29, 0.717) is 24.2 Å². The van der Waals surface area contributed by atoms with Gasteiger partial charge in [-0.25, -0.2) is 13.6 Å². The Morgan fingerprint density at radius 3 is 2.41 bits per heavy atom. The highest BCUT2D eigenvalue weighted by atomic mass is 35.5. The van der Waals surface area contributed by atoms with Crippen LogP contribution in [0.1, 0.15) is 35.9 Å². The lowest BCUT2D eigenvalue weighted by molar-refractivity contribution is 0.0949. The first-order valence-corrected chi connectivity index (χ1v) is 9.30. The van der Waals surface area contributed by atoms with Gasteiger partial charge in [-0.15, -0.1) is 0 Å². The molecule has 0 radical (unpaired) electrons. The minimum Gasteiger partial charge on any atom is -0.386 e. The number of hydrogen-bond acceptors (Lipinski definition) is 3. The van der Waals surface area contributed by atoms with Gasteiger partial charge in [0.15, 0.2) is 0 Å². The van der Waals surface area contributed by atoms with Gasteiger partial charge in [-0.05, 0) is 30.2 Å². The van der Waals surface area contributed by atoms with Crippen LogP contribution in [0.4, 0.5) is 19.3 Å². The molecule has 3 amide bonds. The average Bonchev–Trinajstić information content (AvgIpc) is 2.64.